The van der Waals surface area contributed by atoms with Gasteiger partial charge in [-0.05, 0) is 12.1 Å². The highest BCUT2D eigenvalue weighted by molar-refractivity contribution is 7.13. The molecule has 0 fully saturated rings. The third-order valence-electron chi connectivity index (χ3n) is 2.27. The van der Waals surface area contributed by atoms with Gasteiger partial charge in [-0.1, -0.05) is 6.07 Å². The van der Waals surface area contributed by atoms with E-state index >= 15 is 0 Å². The predicted molar refractivity (Wildman–Crippen MR) is 69.9 cm³/mol. The molecular weight excluding hydrogens is 250 g/mol. The molecule has 0 amide bonds. The zero-order chi connectivity index (χ0) is 12.8. The lowest BCUT2D eigenvalue weighted by Gasteiger charge is -2.01. The molecule has 2 aromatic heterocycles. The molecule has 0 aliphatic carbocycles. The minimum absolute atomic E-state index is 0.0293. The topological polar surface area (TPSA) is 75.1 Å². The second-order valence-corrected chi connectivity index (χ2v) is 4.57. The zero-order valence-electron chi connectivity index (χ0n) is 9.67. The molecule has 0 aliphatic heterocycles. The number of carboxylic acids is 1. The second-order valence-electron chi connectivity index (χ2n) is 3.71. The van der Waals surface area contributed by atoms with E-state index in [1.807, 2.05) is 18.2 Å². The molecule has 0 radical (unpaired) electrons. The molecule has 0 bridgehead atoms. The van der Waals surface area contributed by atoms with Crippen molar-refractivity contribution in [1.29, 1.82) is 0 Å². The Labute approximate surface area is 109 Å². The number of anilines is 1. The first-order valence-corrected chi connectivity index (χ1v) is 6.42. The number of carbonyl (C=O) groups is 1. The Bertz CT molecular complexity index is 513. The van der Waals surface area contributed by atoms with Crippen molar-refractivity contribution in [2.45, 2.75) is 12.8 Å². The average Bonchev–Trinajstić information content (AvgIpc) is 2.77. The van der Waals surface area contributed by atoms with Crippen molar-refractivity contribution in [3.8, 4) is 0 Å². The van der Waals surface area contributed by atoms with Crippen LogP contribution in [0.1, 0.15) is 11.4 Å². The Morgan fingerprint density at radius 3 is 3.00 bits per heavy atom. The molecule has 0 saturated heterocycles. The Morgan fingerprint density at radius 2 is 2.28 bits per heavy atom. The van der Waals surface area contributed by atoms with Crippen LogP contribution in [0.2, 0.25) is 0 Å². The predicted octanol–water partition coefficient (Wildman–Crippen LogP) is 1.82. The van der Waals surface area contributed by atoms with Crippen LogP contribution in [0.15, 0.2) is 29.8 Å². The Balaban J connectivity index is 1.80. The van der Waals surface area contributed by atoms with Crippen molar-refractivity contribution in [2.24, 2.45) is 0 Å². The van der Waals surface area contributed by atoms with Crippen molar-refractivity contribution >= 4 is 22.4 Å². The summed E-state index contributed by atoms with van der Waals surface area (Å²) >= 11 is 1.42. The fraction of sp³-hybridized carbons (Fsp3) is 0.250. The molecule has 5 nitrogen and oxygen atoms in total. The molecular formula is C12H13N3O2S. The maximum Gasteiger partial charge on any atom is 0.309 e. The van der Waals surface area contributed by atoms with Crippen LogP contribution in [0.3, 0.4) is 0 Å². The van der Waals surface area contributed by atoms with Crippen LogP contribution in [0.5, 0.6) is 0 Å². The van der Waals surface area contributed by atoms with Crippen molar-refractivity contribution in [3.63, 3.8) is 0 Å². The van der Waals surface area contributed by atoms with Crippen molar-refractivity contribution in [1.82, 2.24) is 9.97 Å². The van der Waals surface area contributed by atoms with E-state index in [9.17, 15) is 4.79 Å². The van der Waals surface area contributed by atoms with Gasteiger partial charge in [0, 0.05) is 30.2 Å². The van der Waals surface area contributed by atoms with Crippen molar-refractivity contribution in [2.75, 3.05) is 11.9 Å². The van der Waals surface area contributed by atoms with Gasteiger partial charge in [0.2, 0.25) is 0 Å². The highest BCUT2D eigenvalue weighted by atomic mass is 32.1. The van der Waals surface area contributed by atoms with Crippen molar-refractivity contribution in [3.05, 3.63) is 41.2 Å². The highest BCUT2D eigenvalue weighted by Gasteiger charge is 2.05. The molecule has 0 spiro atoms. The van der Waals surface area contributed by atoms with Crippen LogP contribution in [0.25, 0.3) is 0 Å². The van der Waals surface area contributed by atoms with Gasteiger partial charge in [-0.2, -0.15) is 0 Å². The highest BCUT2D eigenvalue weighted by Crippen LogP contribution is 2.15. The molecule has 2 N–H and O–H groups in total. The van der Waals surface area contributed by atoms with E-state index in [2.05, 4.69) is 15.3 Å². The number of nitrogens with zero attached hydrogens (tertiary/aromatic N) is 2. The van der Waals surface area contributed by atoms with Gasteiger partial charge >= 0.3 is 5.97 Å². The summed E-state index contributed by atoms with van der Waals surface area (Å²) in [7, 11) is 0. The molecule has 0 unspecified atom stereocenters. The van der Waals surface area contributed by atoms with E-state index in [1.54, 1.807) is 11.6 Å². The molecule has 2 heterocycles. The maximum atomic E-state index is 10.5. The Kier molecular flexibility index (Phi) is 4.25. The summed E-state index contributed by atoms with van der Waals surface area (Å²) in [5.41, 5.74) is 1.61. The molecule has 0 atom stereocenters. The summed E-state index contributed by atoms with van der Waals surface area (Å²) in [4.78, 5) is 18.9. The smallest absolute Gasteiger partial charge is 0.309 e. The first-order chi connectivity index (χ1) is 8.74. The quantitative estimate of drug-likeness (QED) is 0.831. The van der Waals surface area contributed by atoms with E-state index in [0.717, 1.165) is 23.8 Å². The number of pyridine rings is 1. The number of nitrogens with one attached hydrogen (secondary N) is 1. The van der Waals surface area contributed by atoms with Gasteiger partial charge in [0.15, 0.2) is 5.13 Å². The molecule has 6 heteroatoms. The van der Waals surface area contributed by atoms with Gasteiger partial charge in [0.25, 0.3) is 0 Å². The maximum absolute atomic E-state index is 10.5. The largest absolute Gasteiger partial charge is 0.481 e. The van der Waals surface area contributed by atoms with E-state index in [4.69, 9.17) is 5.11 Å². The fourth-order valence-electron chi connectivity index (χ4n) is 1.47. The first-order valence-electron chi connectivity index (χ1n) is 5.54. The molecule has 2 rings (SSSR count). The minimum Gasteiger partial charge on any atom is -0.481 e. The third-order valence-corrected chi connectivity index (χ3v) is 3.12. The van der Waals surface area contributed by atoms with E-state index in [1.165, 1.54) is 11.3 Å². The van der Waals surface area contributed by atoms with Gasteiger partial charge in [-0.15, -0.1) is 11.3 Å². The molecule has 0 aromatic carbocycles. The van der Waals surface area contributed by atoms with Crippen LogP contribution < -0.4 is 5.32 Å². The van der Waals surface area contributed by atoms with Crippen LogP contribution in [0, 0.1) is 0 Å². The van der Waals surface area contributed by atoms with Gasteiger partial charge in [0.1, 0.15) is 0 Å². The SMILES string of the molecule is O=C(O)Cc1csc(NCCc2ccccn2)n1. The molecule has 0 saturated carbocycles. The fourth-order valence-corrected chi connectivity index (χ4v) is 2.21. The number of thiazole rings is 1. The van der Waals surface area contributed by atoms with Crippen molar-refractivity contribution < 1.29 is 9.90 Å². The number of carboxylic acid groups (broad SMARTS) is 1. The normalized spacial score (nSPS) is 10.2. The van der Waals surface area contributed by atoms with Gasteiger partial charge in [-0.25, -0.2) is 4.98 Å². The Morgan fingerprint density at radius 1 is 1.39 bits per heavy atom. The summed E-state index contributed by atoms with van der Waals surface area (Å²) < 4.78 is 0. The molecule has 0 aliphatic rings. The van der Waals surface area contributed by atoms with E-state index < -0.39 is 5.97 Å². The number of hydrogen-bond acceptors (Lipinski definition) is 5. The van der Waals surface area contributed by atoms with Crippen LogP contribution >= 0.6 is 11.3 Å². The number of aliphatic carboxylic acids is 1. The summed E-state index contributed by atoms with van der Waals surface area (Å²) in [5.74, 6) is -0.861. The lowest BCUT2D eigenvalue weighted by molar-refractivity contribution is -0.136. The van der Waals surface area contributed by atoms with Gasteiger partial charge < -0.3 is 10.4 Å². The zero-order valence-corrected chi connectivity index (χ0v) is 10.5. The van der Waals surface area contributed by atoms with E-state index in [0.29, 0.717) is 5.69 Å². The third kappa shape index (κ3) is 3.81. The summed E-state index contributed by atoms with van der Waals surface area (Å²) in [6.45, 7) is 0.733. The number of hydrogen-bond donors (Lipinski definition) is 2. The molecule has 18 heavy (non-hydrogen) atoms. The molecule has 94 valence electrons. The standard InChI is InChI=1S/C12H13N3O2S/c16-11(17)7-10-8-18-12(15-10)14-6-4-9-3-1-2-5-13-9/h1-3,5,8H,4,6-7H2,(H,14,15)(H,16,17). The monoisotopic (exact) mass is 263 g/mol. The number of rotatable bonds is 6. The lowest BCUT2D eigenvalue weighted by Crippen LogP contribution is -2.06. The Hall–Kier alpha value is -1.95. The number of aromatic nitrogens is 2. The first kappa shape index (κ1) is 12.5. The second kappa shape index (κ2) is 6.11. The van der Waals surface area contributed by atoms with E-state index in [-0.39, 0.29) is 6.42 Å². The summed E-state index contributed by atoms with van der Waals surface area (Å²) in [6.07, 6.45) is 2.55. The van der Waals surface area contributed by atoms with Gasteiger partial charge in [0.05, 0.1) is 12.1 Å². The van der Waals surface area contributed by atoms with Gasteiger partial charge in [-0.3, -0.25) is 9.78 Å². The lowest BCUT2D eigenvalue weighted by atomic mass is 10.3. The summed E-state index contributed by atoms with van der Waals surface area (Å²) in [6, 6.07) is 5.81. The average molecular weight is 263 g/mol. The summed E-state index contributed by atoms with van der Waals surface area (Å²) in [5, 5.41) is 14.3. The van der Waals surface area contributed by atoms with Crippen LogP contribution in [-0.4, -0.2) is 27.6 Å². The van der Waals surface area contributed by atoms with Crippen LogP contribution in [-0.2, 0) is 17.6 Å². The minimum atomic E-state index is -0.861. The van der Waals surface area contributed by atoms with Crippen LogP contribution in [0.4, 0.5) is 5.13 Å². The molecule has 2 aromatic rings.